The maximum absolute atomic E-state index is 11.9. The molecule has 0 aromatic rings. The molecule has 2 aliphatic rings. The third-order valence-corrected chi connectivity index (χ3v) is 12.7. The van der Waals surface area contributed by atoms with Gasteiger partial charge in [-0.25, -0.2) is 4.84 Å². The molecule has 2 fully saturated rings. The van der Waals surface area contributed by atoms with Crippen LogP contribution < -0.4 is 32.7 Å². The van der Waals surface area contributed by atoms with Gasteiger partial charge in [0, 0.05) is 88.9 Å². The van der Waals surface area contributed by atoms with Gasteiger partial charge in [0.05, 0.1) is 0 Å². The molecule has 2 saturated heterocycles. The number of aldehydes is 1. The Morgan fingerprint density at radius 2 is 0.813 bits per heavy atom. The molecule has 2 rings (SSSR count). The van der Waals surface area contributed by atoms with Gasteiger partial charge >= 0.3 is 30.3 Å². The monoisotopic (exact) mass is 1360 g/mol. The summed E-state index contributed by atoms with van der Waals surface area (Å²) in [4.78, 5) is 133. The summed E-state index contributed by atoms with van der Waals surface area (Å²) in [5, 5.41) is 27.8. The molecule has 10 N–H and O–H groups in total. The Morgan fingerprint density at radius 1 is 0.538 bits per heavy atom. The van der Waals surface area contributed by atoms with Crippen molar-refractivity contribution in [2.45, 2.75) is 227 Å². The minimum absolute atomic E-state index is 0.0461. The first-order valence-electron chi connectivity index (χ1n) is 30.0. The van der Waals surface area contributed by atoms with Crippen molar-refractivity contribution < 1.29 is 117 Å². The lowest BCUT2D eigenvalue weighted by molar-refractivity contribution is -0.245. The molecule has 0 saturated carbocycles. The highest BCUT2D eigenvalue weighted by atomic mass is 32.1. The first kappa shape index (κ1) is 93.7. The van der Waals surface area contributed by atoms with E-state index in [9.17, 15) is 97.4 Å². The molecule has 2 aliphatic heterocycles. The van der Waals surface area contributed by atoms with E-state index in [2.05, 4.69) is 30.2 Å². The minimum Gasteiger partial charge on any atom is -0.366 e. The Balaban J connectivity index is -0.000000251. The molecule has 91 heavy (non-hydrogen) atoms. The highest BCUT2D eigenvalue weighted by Gasteiger charge is 2.39. The van der Waals surface area contributed by atoms with Crippen LogP contribution in [0.4, 0.5) is 44.2 Å². The molecule has 2 heterocycles. The third kappa shape index (κ3) is 61.3. The predicted molar refractivity (Wildman–Crippen MR) is 319 cm³/mol. The number of alkyl halides is 9. The van der Waals surface area contributed by atoms with E-state index in [4.69, 9.17) is 31.0 Å². The van der Waals surface area contributed by atoms with Crippen LogP contribution in [-0.4, -0.2) is 163 Å². The fourth-order valence-electron chi connectivity index (χ4n) is 6.82. The molecule has 0 aromatic heterocycles. The zero-order chi connectivity index (χ0) is 72.5. The molecule has 0 radical (unpaired) electrons. The molecule has 34 heteroatoms. The van der Waals surface area contributed by atoms with E-state index >= 15 is 0 Å². The van der Waals surface area contributed by atoms with Gasteiger partial charge in [-0.2, -0.15) is 49.6 Å². The van der Waals surface area contributed by atoms with Crippen LogP contribution in [0.3, 0.4) is 0 Å². The number of amides is 8. The van der Waals surface area contributed by atoms with Gasteiger partial charge in [-0.15, -0.1) is 0 Å². The van der Waals surface area contributed by atoms with E-state index in [1.165, 1.54) is 0 Å². The Bertz CT molecular complexity index is 2080. The van der Waals surface area contributed by atoms with Gasteiger partial charge < -0.3 is 37.8 Å². The second-order valence-corrected chi connectivity index (χ2v) is 20.7. The van der Waals surface area contributed by atoms with Crippen LogP contribution in [0.5, 0.6) is 0 Å². The third-order valence-electron chi connectivity index (χ3n) is 12.7. The number of unbranched alkanes of at least 4 members (excludes halogenated alkanes) is 9. The van der Waals surface area contributed by atoms with Gasteiger partial charge in [-0.05, 0) is 117 Å². The second kappa shape index (κ2) is 57.9. The number of halogens is 10. The van der Waals surface area contributed by atoms with Crippen LogP contribution >= 0.6 is 12.2 Å². The largest absolute Gasteiger partial charge is 0.471 e. The molecule has 0 spiro atoms. The van der Waals surface area contributed by atoms with Crippen molar-refractivity contribution in [3.63, 3.8) is 0 Å². The number of nitrogens with one attached hydrogen (secondary N) is 4. The zero-order valence-electron chi connectivity index (χ0n) is 54.0. The fourth-order valence-corrected chi connectivity index (χ4v) is 6.82. The van der Waals surface area contributed by atoms with Gasteiger partial charge in [0.1, 0.15) is 17.3 Å². The quantitative estimate of drug-likeness (QED) is 0.00565. The highest BCUT2D eigenvalue weighted by molar-refractivity contribution is 7.77. The molecule has 0 aliphatic carbocycles. The lowest BCUT2D eigenvalue weighted by Crippen LogP contribution is -2.37. The van der Waals surface area contributed by atoms with E-state index in [0.29, 0.717) is 69.5 Å². The van der Waals surface area contributed by atoms with E-state index in [-0.39, 0.29) is 97.2 Å². The summed E-state index contributed by atoms with van der Waals surface area (Å²) < 4.78 is 116. The Morgan fingerprint density at radius 3 is 1.11 bits per heavy atom. The topological polar surface area (TPSA) is 361 Å². The van der Waals surface area contributed by atoms with Gasteiger partial charge in [0.15, 0.2) is 6.29 Å². The van der Waals surface area contributed by atoms with Crippen molar-refractivity contribution in [2.75, 3.05) is 39.3 Å². The lowest BCUT2D eigenvalue weighted by Gasteiger charge is -2.18. The number of thiocarbonyl (C=S) groups is 1. The lowest BCUT2D eigenvalue weighted by atomic mass is 10.0. The summed E-state index contributed by atoms with van der Waals surface area (Å²) in [6, 6.07) is 0. The van der Waals surface area contributed by atoms with Crippen LogP contribution in [0, 0.1) is 17.8 Å². The first-order chi connectivity index (χ1) is 42.9. The van der Waals surface area contributed by atoms with Crippen LogP contribution in [0.1, 0.15) is 202 Å². The molecule has 23 nitrogen and oxygen atoms in total. The number of aliphatic hydroxyl groups excluding tert-OH is 1. The molecule has 4 unspecified atom stereocenters. The molecule has 8 amide bonds. The number of rotatable bonds is 36. The number of ketones is 3. The van der Waals surface area contributed by atoms with Crippen LogP contribution in [-0.2, 0) is 62.4 Å². The summed E-state index contributed by atoms with van der Waals surface area (Å²) in [6.45, 7) is 13.2. The zero-order valence-corrected chi connectivity index (χ0v) is 53.8. The van der Waals surface area contributed by atoms with Crippen LogP contribution in [0.15, 0.2) is 0 Å². The molecule has 0 bridgehead atoms. The smallest absolute Gasteiger partial charge is 0.366 e. The number of nitrogens with zero attached hydrogens (tertiary/aromatic N) is 2. The molecule has 0 aromatic carbocycles. The molecule has 532 valence electrons. The number of carbonyl (C=O) groups is 12. The number of Topliss-reactive ketones (excluding diaryl/α,β-unsaturated/α-hetero) is 3. The standard InChI is InChI=1S/C16H27F3N2O3.C14H28N2O2.C12H17F3N2O5.C8H17NO.C4H5NO3.C2HF3O.CH2S.FH/c1-12(13(2)22)8-5-7-10-20-14(23)9-4-3-6-11-21-15(24)16(17,18)19;1-12(13(2)17)8-5-7-11-16-14(18)9-4-3-6-10-15;13-12(14,15)11(21)16-7-3-1-2-4-10(20)22-17-8(18)5-6-9(17)19;1-7(8(2)10)5-3-4-6-9;6-3-1-2-4(7)5(3)8;3-2(4,5)1-6;1-2;/h12H,3-11H2,1-2H3,(H,20,23)(H,21,24);12H,3-11,15H2,1-2H3,(H,16,18);10,20H,1-7H2,(H,16,21);7H,3-6,9H2,1-2H3;8H,1-2H2;1H;1H2;1H/i/hT. The average molecular weight is 1360 g/mol. The summed E-state index contributed by atoms with van der Waals surface area (Å²) in [5.41, 5.74) is 10.7. The molecular weight excluding hydrogens is 1260 g/mol. The maximum atomic E-state index is 11.9. The van der Waals surface area contributed by atoms with E-state index < -0.39 is 66.5 Å². The fraction of sp³-hybridized carbons (Fsp3) is 0.772. The van der Waals surface area contributed by atoms with Crippen molar-refractivity contribution in [1.82, 2.24) is 31.4 Å². The maximum Gasteiger partial charge on any atom is 0.471 e. The number of aliphatic hydroxyl groups is 1. The highest BCUT2D eigenvalue weighted by Crippen LogP contribution is 2.18. The Labute approximate surface area is 532 Å². The Kier molecular flexibility index (Phi) is 59.6. The molecule has 4 atom stereocenters. The number of hydroxylamine groups is 4. The van der Waals surface area contributed by atoms with Crippen molar-refractivity contribution in [3.05, 3.63) is 0 Å². The van der Waals surface area contributed by atoms with Gasteiger partial charge in [-0.1, -0.05) is 71.5 Å². The minimum atomic E-state index is -4.89. The number of hydrogen-bond acceptors (Lipinski definition) is 18. The number of hydrogen-bond donors (Lipinski definition) is 8. The summed E-state index contributed by atoms with van der Waals surface area (Å²) >= 11 is 3.83. The normalized spacial score (nSPS) is 13.9. The first-order valence-corrected chi connectivity index (χ1v) is 30.2. The number of imide groups is 2. The van der Waals surface area contributed by atoms with Gasteiger partial charge in [0.25, 0.3) is 25.1 Å². The summed E-state index contributed by atoms with van der Waals surface area (Å²) in [6.07, 6.45) is -1.24. The van der Waals surface area contributed by atoms with Crippen molar-refractivity contribution >= 4 is 89.0 Å². The number of nitrogens with two attached hydrogens (primary N) is 2. The predicted octanol–water partition coefficient (Wildman–Crippen LogP) is 7.76. The SMILES string of the molecule is C=S.CC(=O)C(C)CCCCN.CC(=O)C(C)CCCCNC(=O)CCCCCN.CC(=O)C(C)CCCCNC(=O)CCCCCNC(=O)C(F)(F)F.O=C1CCC(=O)N1O.O=C1CCC(=O)N1OC(O)CCCCCNC(=O)C(F)(F)F.O=CC(F)(F)F.[3H]F. The number of carbonyl (C=O) groups excluding carboxylic acids is 12. The summed E-state index contributed by atoms with van der Waals surface area (Å²) in [7, 11) is 0. The summed E-state index contributed by atoms with van der Waals surface area (Å²) in [5.74, 6) is -1.94. The molecular formula is C57H98F10N8O15S. The van der Waals surface area contributed by atoms with Crippen LogP contribution in [0.25, 0.3) is 0 Å². The van der Waals surface area contributed by atoms with E-state index in [0.717, 1.165) is 90.1 Å². The van der Waals surface area contributed by atoms with Crippen molar-refractivity contribution in [1.29, 1.82) is 1.45 Å². The van der Waals surface area contributed by atoms with Gasteiger partial charge in [-0.3, -0.25) is 67.5 Å². The van der Waals surface area contributed by atoms with Crippen molar-refractivity contribution in [2.24, 2.45) is 29.2 Å². The van der Waals surface area contributed by atoms with E-state index in [1.807, 2.05) is 20.8 Å². The average Bonchev–Trinajstić information content (AvgIpc) is 1.85. The van der Waals surface area contributed by atoms with E-state index in [1.54, 1.807) is 31.4 Å². The second-order valence-electron chi connectivity index (χ2n) is 20.7. The van der Waals surface area contributed by atoms with Gasteiger partial charge in [0.2, 0.25) is 18.1 Å². The van der Waals surface area contributed by atoms with Crippen LogP contribution in [0.2, 0.25) is 0 Å². The Hall–Kier alpha value is -5.97. The van der Waals surface area contributed by atoms with Crippen molar-refractivity contribution in [3.8, 4) is 0 Å².